The van der Waals surface area contributed by atoms with Crippen molar-refractivity contribution in [2.75, 3.05) is 5.32 Å². The Hall–Kier alpha value is -2.88. The lowest BCUT2D eigenvalue weighted by molar-refractivity contribution is -0.111. The van der Waals surface area contributed by atoms with Crippen LogP contribution >= 0.6 is 0 Å². The number of nitrogens with one attached hydrogen (secondary N) is 2. The molecule has 4 nitrogen and oxygen atoms in total. The van der Waals surface area contributed by atoms with Gasteiger partial charge in [0.15, 0.2) is 0 Å². The van der Waals surface area contributed by atoms with E-state index < -0.39 is 0 Å². The molecule has 29 heavy (non-hydrogen) atoms. The van der Waals surface area contributed by atoms with Crippen LogP contribution in [-0.4, -0.2) is 17.9 Å². The van der Waals surface area contributed by atoms with Crippen molar-refractivity contribution >= 4 is 23.6 Å². The molecule has 1 fully saturated rings. The predicted molar refractivity (Wildman–Crippen MR) is 119 cm³/mol. The predicted octanol–water partition coefficient (Wildman–Crippen LogP) is 5.48. The van der Waals surface area contributed by atoms with E-state index in [0.717, 1.165) is 35.2 Å². The summed E-state index contributed by atoms with van der Waals surface area (Å²) in [6.45, 7) is 8.52. The summed E-state index contributed by atoms with van der Waals surface area (Å²) in [7, 11) is 0. The number of carbonyl (C=O) groups excluding carboxylic acids is 2. The monoisotopic (exact) mass is 390 g/mol. The van der Waals surface area contributed by atoms with Gasteiger partial charge in [-0.2, -0.15) is 0 Å². The Kier molecular flexibility index (Phi) is 6.53. The summed E-state index contributed by atoms with van der Waals surface area (Å²) in [6.07, 6.45) is 5.45. The average Bonchev–Trinajstić information content (AvgIpc) is 3.50. The van der Waals surface area contributed by atoms with Gasteiger partial charge >= 0.3 is 0 Å². The third kappa shape index (κ3) is 5.57. The van der Waals surface area contributed by atoms with Crippen molar-refractivity contribution in [3.8, 4) is 0 Å². The number of benzene rings is 2. The zero-order chi connectivity index (χ0) is 21.0. The van der Waals surface area contributed by atoms with Crippen molar-refractivity contribution in [1.82, 2.24) is 5.32 Å². The molecule has 0 spiro atoms. The van der Waals surface area contributed by atoms with Crippen molar-refractivity contribution in [2.24, 2.45) is 0 Å². The molecule has 0 aromatic heterocycles. The topological polar surface area (TPSA) is 58.2 Å². The van der Waals surface area contributed by atoms with Crippen LogP contribution in [0.15, 0.2) is 48.5 Å². The molecule has 0 atom stereocenters. The number of amides is 2. The number of hydrogen-bond donors (Lipinski definition) is 2. The van der Waals surface area contributed by atoms with Crippen molar-refractivity contribution in [3.05, 3.63) is 70.8 Å². The maximum atomic E-state index is 12.6. The molecule has 0 radical (unpaired) electrons. The first-order chi connectivity index (χ1) is 13.8. The third-order valence-electron chi connectivity index (χ3n) is 5.13. The van der Waals surface area contributed by atoms with Gasteiger partial charge in [0.1, 0.15) is 0 Å². The summed E-state index contributed by atoms with van der Waals surface area (Å²) < 4.78 is 0. The van der Waals surface area contributed by atoms with Crippen LogP contribution in [0.25, 0.3) is 6.08 Å². The molecule has 3 rings (SSSR count). The largest absolute Gasteiger partial charge is 0.349 e. The van der Waals surface area contributed by atoms with Crippen LogP contribution in [0.3, 0.4) is 0 Å². The SMILES string of the molecule is CC(C)c1cccc(C(C)C)c1NC(=O)/C=C/c1ccc(C(=O)NC2CC2)cc1. The van der Waals surface area contributed by atoms with E-state index in [1.54, 1.807) is 24.3 Å². The highest BCUT2D eigenvalue weighted by molar-refractivity contribution is 6.03. The number of hydrogen-bond acceptors (Lipinski definition) is 2. The molecule has 0 bridgehead atoms. The van der Waals surface area contributed by atoms with Crippen LogP contribution in [0.1, 0.15) is 79.4 Å². The van der Waals surface area contributed by atoms with E-state index in [9.17, 15) is 9.59 Å². The molecular formula is C25H30N2O2. The van der Waals surface area contributed by atoms with Crippen LogP contribution in [0, 0.1) is 0 Å². The van der Waals surface area contributed by atoms with E-state index in [0.29, 0.717) is 23.4 Å². The van der Waals surface area contributed by atoms with E-state index in [4.69, 9.17) is 0 Å². The molecule has 2 aromatic rings. The zero-order valence-electron chi connectivity index (χ0n) is 17.7. The summed E-state index contributed by atoms with van der Waals surface area (Å²) in [5, 5.41) is 6.06. The maximum absolute atomic E-state index is 12.6. The molecule has 2 amide bonds. The lowest BCUT2D eigenvalue weighted by Gasteiger charge is -2.19. The number of para-hydroxylation sites is 1. The Balaban J connectivity index is 1.69. The molecule has 152 valence electrons. The highest BCUT2D eigenvalue weighted by Crippen LogP contribution is 2.32. The first-order valence-corrected chi connectivity index (χ1v) is 10.4. The third-order valence-corrected chi connectivity index (χ3v) is 5.13. The van der Waals surface area contributed by atoms with Crippen LogP contribution in [-0.2, 0) is 4.79 Å². The fourth-order valence-electron chi connectivity index (χ4n) is 3.27. The number of rotatable bonds is 7. The van der Waals surface area contributed by atoms with Crippen LogP contribution < -0.4 is 10.6 Å². The standard InChI is InChI=1S/C25H30N2O2/c1-16(2)21-6-5-7-22(17(3)4)24(21)27-23(28)15-10-18-8-11-19(12-9-18)25(29)26-20-13-14-20/h5-12,15-17,20H,13-14H2,1-4H3,(H,26,29)(H,27,28)/b15-10+. The Morgan fingerprint density at radius 1 is 0.931 bits per heavy atom. The first kappa shape index (κ1) is 20.8. The van der Waals surface area contributed by atoms with Crippen LogP contribution in [0.4, 0.5) is 5.69 Å². The molecular weight excluding hydrogens is 360 g/mol. The molecule has 0 unspecified atom stereocenters. The van der Waals surface area contributed by atoms with E-state index >= 15 is 0 Å². The number of anilines is 1. The van der Waals surface area contributed by atoms with Gasteiger partial charge in [0, 0.05) is 23.4 Å². The summed E-state index contributed by atoms with van der Waals surface area (Å²) in [5.74, 6) is 0.451. The Morgan fingerprint density at radius 3 is 2.03 bits per heavy atom. The molecule has 2 aromatic carbocycles. The van der Waals surface area contributed by atoms with Crippen molar-refractivity contribution in [2.45, 2.75) is 58.4 Å². The minimum atomic E-state index is -0.157. The smallest absolute Gasteiger partial charge is 0.251 e. The van der Waals surface area contributed by atoms with Gasteiger partial charge < -0.3 is 10.6 Å². The highest BCUT2D eigenvalue weighted by atomic mass is 16.2. The Labute approximate surface area is 173 Å². The fourth-order valence-corrected chi connectivity index (χ4v) is 3.27. The van der Waals surface area contributed by atoms with Gasteiger partial charge in [-0.1, -0.05) is 58.0 Å². The van der Waals surface area contributed by atoms with E-state index in [-0.39, 0.29) is 11.8 Å². The van der Waals surface area contributed by atoms with Crippen LogP contribution in [0.5, 0.6) is 0 Å². The zero-order valence-corrected chi connectivity index (χ0v) is 17.7. The van der Waals surface area contributed by atoms with Gasteiger partial charge in [-0.05, 0) is 59.6 Å². The molecule has 4 heteroatoms. The van der Waals surface area contributed by atoms with E-state index in [1.807, 2.05) is 12.1 Å². The second-order valence-corrected chi connectivity index (χ2v) is 8.31. The molecule has 1 aliphatic carbocycles. The fraction of sp³-hybridized carbons (Fsp3) is 0.360. The minimum absolute atomic E-state index is 0.0349. The molecule has 0 aliphatic heterocycles. The number of carbonyl (C=O) groups is 2. The van der Waals surface area contributed by atoms with Gasteiger partial charge in [0.25, 0.3) is 5.91 Å². The second-order valence-electron chi connectivity index (χ2n) is 8.31. The van der Waals surface area contributed by atoms with Gasteiger partial charge in [-0.15, -0.1) is 0 Å². The van der Waals surface area contributed by atoms with Gasteiger partial charge in [-0.3, -0.25) is 9.59 Å². The second kappa shape index (κ2) is 9.08. The van der Waals surface area contributed by atoms with Gasteiger partial charge in [0.05, 0.1) is 0 Å². The minimum Gasteiger partial charge on any atom is -0.349 e. The Morgan fingerprint density at radius 2 is 1.52 bits per heavy atom. The van der Waals surface area contributed by atoms with Crippen molar-refractivity contribution in [1.29, 1.82) is 0 Å². The first-order valence-electron chi connectivity index (χ1n) is 10.4. The summed E-state index contributed by atoms with van der Waals surface area (Å²) in [4.78, 5) is 24.6. The molecule has 2 N–H and O–H groups in total. The summed E-state index contributed by atoms with van der Waals surface area (Å²) in [6, 6.07) is 13.8. The molecule has 0 saturated heterocycles. The quantitative estimate of drug-likeness (QED) is 0.615. The summed E-state index contributed by atoms with van der Waals surface area (Å²) in [5.41, 5.74) is 4.72. The van der Waals surface area contributed by atoms with Crippen LogP contribution in [0.2, 0.25) is 0 Å². The summed E-state index contributed by atoms with van der Waals surface area (Å²) >= 11 is 0. The maximum Gasteiger partial charge on any atom is 0.251 e. The lowest BCUT2D eigenvalue weighted by atomic mass is 9.92. The molecule has 1 saturated carbocycles. The molecule has 1 aliphatic rings. The molecule has 0 heterocycles. The lowest BCUT2D eigenvalue weighted by Crippen LogP contribution is -2.25. The normalized spacial score (nSPS) is 13.9. The van der Waals surface area contributed by atoms with Gasteiger partial charge in [-0.25, -0.2) is 0 Å². The Bertz CT molecular complexity index is 881. The van der Waals surface area contributed by atoms with Crippen molar-refractivity contribution in [3.63, 3.8) is 0 Å². The average molecular weight is 391 g/mol. The van der Waals surface area contributed by atoms with Gasteiger partial charge in [0.2, 0.25) is 5.91 Å². The van der Waals surface area contributed by atoms with E-state index in [1.165, 1.54) is 0 Å². The van der Waals surface area contributed by atoms with E-state index in [2.05, 4.69) is 56.5 Å². The van der Waals surface area contributed by atoms with Crippen molar-refractivity contribution < 1.29 is 9.59 Å². The highest BCUT2D eigenvalue weighted by Gasteiger charge is 2.23.